The molecule has 170 valence electrons. The van der Waals surface area contributed by atoms with E-state index in [2.05, 4.69) is 24.8 Å². The van der Waals surface area contributed by atoms with Gasteiger partial charge in [-0.1, -0.05) is 17.7 Å². The van der Waals surface area contributed by atoms with Gasteiger partial charge in [0.1, 0.15) is 0 Å². The summed E-state index contributed by atoms with van der Waals surface area (Å²) in [6.45, 7) is 7.27. The third kappa shape index (κ3) is 4.45. The fraction of sp³-hybridized carbons (Fsp3) is 0.423. The van der Waals surface area contributed by atoms with Crippen molar-refractivity contribution >= 4 is 5.91 Å². The lowest BCUT2D eigenvalue weighted by Gasteiger charge is -2.49. The molecule has 0 radical (unpaired) electrons. The third-order valence-corrected chi connectivity index (χ3v) is 6.85. The van der Waals surface area contributed by atoms with Crippen molar-refractivity contribution in [2.45, 2.75) is 46.1 Å². The second-order valence-electron chi connectivity index (χ2n) is 9.31. The number of hydrogen-bond acceptors (Lipinski definition) is 6. The van der Waals surface area contributed by atoms with Crippen molar-refractivity contribution in [3.63, 3.8) is 0 Å². The molecule has 1 saturated carbocycles. The zero-order chi connectivity index (χ0) is 22.9. The maximum Gasteiger partial charge on any atom is 0.316 e. The molecule has 2 aliphatic heterocycles. The molecule has 1 amide bonds. The highest BCUT2D eigenvalue weighted by Gasteiger charge is 2.43. The van der Waals surface area contributed by atoms with E-state index in [1.807, 2.05) is 45.0 Å². The molecule has 3 aliphatic rings. The molecule has 7 heteroatoms. The van der Waals surface area contributed by atoms with Gasteiger partial charge in [0.2, 0.25) is 0 Å². The molecular weight excluding hydrogens is 414 g/mol. The highest BCUT2D eigenvalue weighted by Crippen LogP contribution is 2.40. The number of carbonyl (C=O) groups excluding carboxylic acids is 1. The summed E-state index contributed by atoms with van der Waals surface area (Å²) in [6.07, 6.45) is 6.53. The van der Waals surface area contributed by atoms with Gasteiger partial charge in [0.25, 0.3) is 5.91 Å². The summed E-state index contributed by atoms with van der Waals surface area (Å²) in [6, 6.07) is 10.3. The summed E-state index contributed by atoms with van der Waals surface area (Å²) in [5.74, 6) is 1.49. The molecule has 6 rings (SSSR count). The van der Waals surface area contributed by atoms with E-state index in [0.717, 1.165) is 48.3 Å². The number of fused-ring (bicyclic) bond motifs is 3. The summed E-state index contributed by atoms with van der Waals surface area (Å²) in [4.78, 5) is 33.3. The SMILES string of the molecule is Cc1ccc(-c2ncccn2)c(C(=O)N2CC3CCC2CC3COc2nc(C)cc(C)n2)c1. The van der Waals surface area contributed by atoms with Crippen LogP contribution in [-0.2, 0) is 0 Å². The molecule has 2 aromatic heterocycles. The predicted octanol–water partition coefficient (Wildman–Crippen LogP) is 4.18. The van der Waals surface area contributed by atoms with E-state index >= 15 is 0 Å². The Labute approximate surface area is 194 Å². The van der Waals surface area contributed by atoms with Gasteiger partial charge in [-0.05, 0) is 70.1 Å². The summed E-state index contributed by atoms with van der Waals surface area (Å²) in [7, 11) is 0. The Bertz CT molecular complexity index is 1150. The quantitative estimate of drug-likeness (QED) is 0.588. The molecular formula is C26H29N5O2. The molecule has 2 saturated heterocycles. The Morgan fingerprint density at radius 1 is 1.06 bits per heavy atom. The number of benzene rings is 1. The lowest BCUT2D eigenvalue weighted by atomic mass is 9.72. The number of carbonyl (C=O) groups is 1. The molecule has 3 aromatic rings. The van der Waals surface area contributed by atoms with Gasteiger partial charge in [-0.15, -0.1) is 0 Å². The van der Waals surface area contributed by atoms with Crippen molar-refractivity contribution < 1.29 is 9.53 Å². The van der Waals surface area contributed by atoms with Crippen LogP contribution in [0, 0.1) is 32.6 Å². The molecule has 3 unspecified atom stereocenters. The Kier molecular flexibility index (Phi) is 5.79. The topological polar surface area (TPSA) is 81.1 Å². The second kappa shape index (κ2) is 8.89. The van der Waals surface area contributed by atoms with Crippen molar-refractivity contribution in [3.05, 3.63) is 65.2 Å². The van der Waals surface area contributed by atoms with Crippen LogP contribution in [0.15, 0.2) is 42.7 Å². The summed E-state index contributed by atoms with van der Waals surface area (Å²) < 4.78 is 5.99. The lowest BCUT2D eigenvalue weighted by Crippen LogP contribution is -2.55. The van der Waals surface area contributed by atoms with E-state index < -0.39 is 0 Å². The van der Waals surface area contributed by atoms with Crippen molar-refractivity contribution in [2.75, 3.05) is 13.2 Å². The van der Waals surface area contributed by atoms with Gasteiger partial charge in [-0.3, -0.25) is 4.79 Å². The van der Waals surface area contributed by atoms with Crippen LogP contribution in [0.2, 0.25) is 0 Å². The first kappa shape index (κ1) is 21.5. The Morgan fingerprint density at radius 3 is 2.52 bits per heavy atom. The van der Waals surface area contributed by atoms with Crippen LogP contribution in [0.5, 0.6) is 6.01 Å². The first-order chi connectivity index (χ1) is 16.0. The smallest absolute Gasteiger partial charge is 0.316 e. The van der Waals surface area contributed by atoms with Gasteiger partial charge in [0.05, 0.1) is 12.2 Å². The van der Waals surface area contributed by atoms with E-state index in [1.54, 1.807) is 18.5 Å². The molecule has 0 spiro atoms. The molecule has 7 nitrogen and oxygen atoms in total. The molecule has 0 N–H and O–H groups in total. The van der Waals surface area contributed by atoms with Gasteiger partial charge in [-0.25, -0.2) is 19.9 Å². The highest BCUT2D eigenvalue weighted by atomic mass is 16.5. The standard InChI is InChI=1S/C26H29N5O2/c1-16-5-8-22(24-27-9-4-10-28-24)23(11-16)25(32)31-14-19-6-7-21(31)13-20(19)15-33-26-29-17(2)12-18(3)30-26/h4-5,8-12,19-21H,6-7,13-15H2,1-3H3. The minimum atomic E-state index is 0.0767. The van der Waals surface area contributed by atoms with Crippen molar-refractivity contribution in [3.8, 4) is 17.4 Å². The predicted molar refractivity (Wildman–Crippen MR) is 125 cm³/mol. The number of ether oxygens (including phenoxy) is 1. The van der Waals surface area contributed by atoms with Crippen molar-refractivity contribution in [2.24, 2.45) is 11.8 Å². The van der Waals surface area contributed by atoms with E-state index in [0.29, 0.717) is 35.8 Å². The molecule has 3 fully saturated rings. The molecule has 2 bridgehead atoms. The van der Waals surface area contributed by atoms with E-state index in [-0.39, 0.29) is 11.9 Å². The van der Waals surface area contributed by atoms with Crippen LogP contribution < -0.4 is 4.74 Å². The van der Waals surface area contributed by atoms with E-state index in [4.69, 9.17) is 4.74 Å². The fourth-order valence-electron chi connectivity index (χ4n) is 5.24. The zero-order valence-electron chi connectivity index (χ0n) is 19.4. The van der Waals surface area contributed by atoms with E-state index in [9.17, 15) is 4.79 Å². The van der Waals surface area contributed by atoms with E-state index in [1.165, 1.54) is 0 Å². The van der Waals surface area contributed by atoms with Gasteiger partial charge in [0, 0.05) is 41.9 Å². The van der Waals surface area contributed by atoms with Crippen LogP contribution in [0.4, 0.5) is 0 Å². The maximum atomic E-state index is 13.7. The normalized spacial score (nSPS) is 21.8. The summed E-state index contributed by atoms with van der Waals surface area (Å²) in [5.41, 5.74) is 4.36. The minimum absolute atomic E-state index is 0.0767. The number of piperidine rings is 2. The Hall–Kier alpha value is -3.35. The van der Waals surface area contributed by atoms with Gasteiger partial charge >= 0.3 is 6.01 Å². The Morgan fingerprint density at radius 2 is 1.82 bits per heavy atom. The highest BCUT2D eigenvalue weighted by molar-refractivity contribution is 6.00. The van der Waals surface area contributed by atoms with Crippen LogP contribution in [0.3, 0.4) is 0 Å². The van der Waals surface area contributed by atoms with Crippen LogP contribution >= 0.6 is 0 Å². The van der Waals surface area contributed by atoms with Crippen LogP contribution in [0.1, 0.15) is 46.6 Å². The monoisotopic (exact) mass is 443 g/mol. The fourth-order valence-corrected chi connectivity index (χ4v) is 5.24. The average molecular weight is 444 g/mol. The number of aryl methyl sites for hydroxylation is 3. The van der Waals surface area contributed by atoms with Crippen molar-refractivity contribution in [1.82, 2.24) is 24.8 Å². The third-order valence-electron chi connectivity index (χ3n) is 6.85. The van der Waals surface area contributed by atoms with Gasteiger partial charge < -0.3 is 9.64 Å². The first-order valence-corrected chi connectivity index (χ1v) is 11.6. The Balaban J connectivity index is 1.32. The zero-order valence-corrected chi connectivity index (χ0v) is 19.4. The molecule has 3 atom stereocenters. The van der Waals surface area contributed by atoms with Crippen LogP contribution in [-0.4, -0.2) is 49.9 Å². The first-order valence-electron chi connectivity index (χ1n) is 11.6. The number of hydrogen-bond donors (Lipinski definition) is 0. The second-order valence-corrected chi connectivity index (χ2v) is 9.31. The van der Waals surface area contributed by atoms with Gasteiger partial charge in [0.15, 0.2) is 5.82 Å². The number of nitrogens with zero attached hydrogens (tertiary/aromatic N) is 5. The minimum Gasteiger partial charge on any atom is -0.463 e. The largest absolute Gasteiger partial charge is 0.463 e. The maximum absolute atomic E-state index is 13.7. The summed E-state index contributed by atoms with van der Waals surface area (Å²) >= 11 is 0. The molecule has 1 aromatic carbocycles. The number of amides is 1. The number of aromatic nitrogens is 4. The van der Waals surface area contributed by atoms with Gasteiger partial charge in [-0.2, -0.15) is 0 Å². The average Bonchev–Trinajstić information content (AvgIpc) is 2.82. The lowest BCUT2D eigenvalue weighted by molar-refractivity contribution is -0.00527. The van der Waals surface area contributed by atoms with Crippen LogP contribution in [0.25, 0.3) is 11.4 Å². The summed E-state index contributed by atoms with van der Waals surface area (Å²) in [5, 5.41) is 0. The van der Waals surface area contributed by atoms with Crippen molar-refractivity contribution in [1.29, 1.82) is 0 Å². The molecule has 1 aliphatic carbocycles. The number of rotatable bonds is 5. The molecule has 33 heavy (non-hydrogen) atoms. The molecule has 4 heterocycles.